The molecule has 4 heteroatoms. The van der Waals surface area contributed by atoms with Gasteiger partial charge in [0.1, 0.15) is 5.82 Å². The minimum atomic E-state index is -0.283. The average Bonchev–Trinajstić information content (AvgIpc) is 2.72. The summed E-state index contributed by atoms with van der Waals surface area (Å²) in [6, 6.07) is 6.48. The molecule has 0 unspecified atom stereocenters. The Hall–Kier alpha value is -1.06. The van der Waals surface area contributed by atoms with Gasteiger partial charge in [-0.2, -0.15) is 11.3 Å². The van der Waals surface area contributed by atoms with Crippen LogP contribution in [0.15, 0.2) is 35.0 Å². The van der Waals surface area contributed by atoms with E-state index >= 15 is 0 Å². The molecule has 0 amide bonds. The summed E-state index contributed by atoms with van der Waals surface area (Å²) in [5.74, 6) is -0.283. The number of benzene rings is 1. The topological polar surface area (TPSA) is 12.0 Å². The fourth-order valence-corrected chi connectivity index (χ4v) is 2.06. The zero-order valence-corrected chi connectivity index (χ0v) is 9.41. The normalized spacial score (nSPS) is 10.3. The van der Waals surface area contributed by atoms with Crippen LogP contribution in [-0.2, 0) is 6.54 Å². The van der Waals surface area contributed by atoms with Gasteiger partial charge in [-0.05, 0) is 40.6 Å². The summed E-state index contributed by atoms with van der Waals surface area (Å²) in [7, 11) is 0. The molecule has 0 aliphatic rings. The molecule has 0 atom stereocenters. The lowest BCUT2D eigenvalue weighted by Crippen LogP contribution is -2.00. The lowest BCUT2D eigenvalue weighted by molar-refractivity contribution is 0.630. The first-order valence-electron chi connectivity index (χ1n) is 4.46. The van der Waals surface area contributed by atoms with Crippen molar-refractivity contribution in [2.24, 2.45) is 0 Å². The molecule has 2 rings (SSSR count). The highest BCUT2D eigenvalue weighted by Gasteiger charge is 2.02. The molecule has 0 aliphatic carbocycles. The van der Waals surface area contributed by atoms with Crippen LogP contribution in [0.2, 0.25) is 5.02 Å². The van der Waals surface area contributed by atoms with E-state index in [1.807, 2.05) is 16.8 Å². The summed E-state index contributed by atoms with van der Waals surface area (Å²) in [6.07, 6.45) is 0. The van der Waals surface area contributed by atoms with Crippen molar-refractivity contribution in [1.82, 2.24) is 0 Å². The highest BCUT2D eigenvalue weighted by Crippen LogP contribution is 2.20. The summed E-state index contributed by atoms with van der Waals surface area (Å²) in [5.41, 5.74) is 1.58. The van der Waals surface area contributed by atoms with E-state index in [-0.39, 0.29) is 5.82 Å². The number of thiophene rings is 1. The van der Waals surface area contributed by atoms with E-state index in [0.29, 0.717) is 17.3 Å². The van der Waals surface area contributed by atoms with Gasteiger partial charge in [-0.1, -0.05) is 11.6 Å². The molecule has 15 heavy (non-hydrogen) atoms. The first-order chi connectivity index (χ1) is 7.25. The first kappa shape index (κ1) is 10.5. The molecule has 0 aliphatic heterocycles. The van der Waals surface area contributed by atoms with Crippen LogP contribution in [0.25, 0.3) is 0 Å². The molecule has 1 N–H and O–H groups in total. The van der Waals surface area contributed by atoms with Gasteiger partial charge in [0.2, 0.25) is 0 Å². The Labute approximate surface area is 96.5 Å². The number of nitrogens with one attached hydrogen (secondary N) is 1. The molecular formula is C11H9ClFNS. The molecule has 0 fully saturated rings. The van der Waals surface area contributed by atoms with Crippen molar-refractivity contribution >= 4 is 28.6 Å². The zero-order chi connectivity index (χ0) is 10.7. The monoisotopic (exact) mass is 241 g/mol. The molecule has 1 heterocycles. The molecule has 1 aromatic carbocycles. The highest BCUT2D eigenvalue weighted by atomic mass is 35.5. The lowest BCUT2D eigenvalue weighted by Gasteiger charge is -2.06. The average molecular weight is 242 g/mol. The van der Waals surface area contributed by atoms with Crippen LogP contribution in [0, 0.1) is 5.82 Å². The van der Waals surface area contributed by atoms with Crippen LogP contribution >= 0.6 is 22.9 Å². The number of hydrogen-bond donors (Lipinski definition) is 1. The quantitative estimate of drug-likeness (QED) is 0.851. The van der Waals surface area contributed by atoms with Crippen molar-refractivity contribution in [3.05, 3.63) is 51.4 Å². The van der Waals surface area contributed by atoms with Gasteiger partial charge in [0.15, 0.2) is 0 Å². The van der Waals surface area contributed by atoms with Gasteiger partial charge < -0.3 is 5.32 Å². The second kappa shape index (κ2) is 4.64. The number of halogens is 2. The first-order valence-corrected chi connectivity index (χ1v) is 5.78. The van der Waals surface area contributed by atoms with E-state index in [4.69, 9.17) is 11.6 Å². The van der Waals surface area contributed by atoms with Gasteiger partial charge in [-0.3, -0.25) is 0 Å². The third kappa shape index (κ3) is 2.70. The minimum Gasteiger partial charge on any atom is -0.379 e. The van der Waals surface area contributed by atoms with Crippen molar-refractivity contribution in [1.29, 1.82) is 0 Å². The van der Waals surface area contributed by atoms with Crippen molar-refractivity contribution in [2.45, 2.75) is 6.54 Å². The number of rotatable bonds is 3. The van der Waals surface area contributed by atoms with Crippen LogP contribution in [-0.4, -0.2) is 0 Å². The van der Waals surface area contributed by atoms with Crippen LogP contribution in [0.3, 0.4) is 0 Å². The van der Waals surface area contributed by atoms with Crippen LogP contribution in [0.1, 0.15) is 5.56 Å². The van der Waals surface area contributed by atoms with E-state index in [0.717, 1.165) is 5.56 Å². The van der Waals surface area contributed by atoms with E-state index in [1.54, 1.807) is 17.4 Å². The summed E-state index contributed by atoms with van der Waals surface area (Å²) in [6.45, 7) is 0.612. The molecule has 1 aromatic heterocycles. The van der Waals surface area contributed by atoms with Crippen LogP contribution in [0.4, 0.5) is 10.1 Å². The maximum absolute atomic E-state index is 13.3. The molecule has 78 valence electrons. The molecule has 0 spiro atoms. The van der Waals surface area contributed by atoms with Crippen molar-refractivity contribution in [3.63, 3.8) is 0 Å². The zero-order valence-electron chi connectivity index (χ0n) is 7.84. The van der Waals surface area contributed by atoms with E-state index < -0.39 is 0 Å². The molecule has 0 bridgehead atoms. The molecule has 2 aromatic rings. The van der Waals surface area contributed by atoms with Gasteiger partial charge in [0, 0.05) is 11.6 Å². The lowest BCUT2D eigenvalue weighted by atomic mass is 10.3. The molecule has 0 saturated carbocycles. The van der Waals surface area contributed by atoms with Crippen LogP contribution < -0.4 is 5.32 Å². The molecular weight excluding hydrogens is 233 g/mol. The standard InChI is InChI=1S/C11H9ClFNS/c12-9-1-2-10(13)11(5-9)14-6-8-3-4-15-7-8/h1-5,7,14H,6H2. The van der Waals surface area contributed by atoms with Crippen molar-refractivity contribution in [3.8, 4) is 0 Å². The highest BCUT2D eigenvalue weighted by molar-refractivity contribution is 7.07. The Kier molecular flexibility index (Phi) is 3.23. The maximum atomic E-state index is 13.3. The number of anilines is 1. The predicted octanol–water partition coefficient (Wildman–Crippen LogP) is 4.15. The third-order valence-electron chi connectivity index (χ3n) is 1.99. The fourth-order valence-electron chi connectivity index (χ4n) is 1.22. The minimum absolute atomic E-state index is 0.283. The van der Waals surface area contributed by atoms with Crippen LogP contribution in [0.5, 0.6) is 0 Å². The smallest absolute Gasteiger partial charge is 0.146 e. The fraction of sp³-hybridized carbons (Fsp3) is 0.0909. The summed E-state index contributed by atoms with van der Waals surface area (Å²) in [4.78, 5) is 0. The SMILES string of the molecule is Fc1ccc(Cl)cc1NCc1ccsc1. The third-order valence-corrected chi connectivity index (χ3v) is 2.96. The Morgan fingerprint density at radius 2 is 2.20 bits per heavy atom. The van der Waals surface area contributed by atoms with Gasteiger partial charge in [-0.15, -0.1) is 0 Å². The summed E-state index contributed by atoms with van der Waals surface area (Å²) >= 11 is 7.40. The van der Waals surface area contributed by atoms with Crippen molar-refractivity contribution < 1.29 is 4.39 Å². The Balaban J connectivity index is 2.07. The molecule has 1 nitrogen and oxygen atoms in total. The van der Waals surface area contributed by atoms with Crippen molar-refractivity contribution in [2.75, 3.05) is 5.32 Å². The molecule has 0 radical (unpaired) electrons. The van der Waals surface area contributed by atoms with Gasteiger partial charge in [-0.25, -0.2) is 4.39 Å². The second-order valence-corrected chi connectivity index (χ2v) is 4.33. The molecule has 0 saturated heterocycles. The van der Waals surface area contributed by atoms with Gasteiger partial charge >= 0.3 is 0 Å². The van der Waals surface area contributed by atoms with E-state index in [9.17, 15) is 4.39 Å². The predicted molar refractivity (Wildman–Crippen MR) is 63.1 cm³/mol. The number of hydrogen-bond acceptors (Lipinski definition) is 2. The summed E-state index contributed by atoms with van der Waals surface area (Å²) in [5, 5.41) is 7.55. The maximum Gasteiger partial charge on any atom is 0.146 e. The summed E-state index contributed by atoms with van der Waals surface area (Å²) < 4.78 is 13.3. The largest absolute Gasteiger partial charge is 0.379 e. The Morgan fingerprint density at radius 3 is 2.93 bits per heavy atom. The van der Waals surface area contributed by atoms with Gasteiger partial charge in [0.05, 0.1) is 5.69 Å². The van der Waals surface area contributed by atoms with Gasteiger partial charge in [0.25, 0.3) is 0 Å². The second-order valence-electron chi connectivity index (χ2n) is 3.11. The Bertz CT molecular complexity index is 442. The van der Waals surface area contributed by atoms with E-state index in [1.165, 1.54) is 12.1 Å². The van der Waals surface area contributed by atoms with E-state index in [2.05, 4.69) is 5.32 Å². The Morgan fingerprint density at radius 1 is 1.33 bits per heavy atom.